The number of fused-ring (bicyclic) bond motifs is 2. The number of carbonyl (C=O) groups excluding carboxylic acids is 1. The number of alkyl halides is 4. The zero-order chi connectivity index (χ0) is 34.7. The number of benzene rings is 2. The predicted molar refractivity (Wildman–Crippen MR) is 167 cm³/mol. The third-order valence-corrected chi connectivity index (χ3v) is 7.86. The van der Waals surface area contributed by atoms with Gasteiger partial charge in [0, 0.05) is 50.6 Å². The lowest BCUT2D eigenvalue weighted by Gasteiger charge is -2.26. The van der Waals surface area contributed by atoms with Crippen LogP contribution in [0.25, 0.3) is 21.8 Å². The molecule has 2 atom stereocenters. The van der Waals surface area contributed by atoms with Crippen LogP contribution in [0, 0.1) is 12.8 Å². The van der Waals surface area contributed by atoms with Crippen LogP contribution in [-0.2, 0) is 11.8 Å². The maximum atomic E-state index is 15.8. The van der Waals surface area contributed by atoms with Crippen molar-refractivity contribution in [1.82, 2.24) is 19.9 Å². The van der Waals surface area contributed by atoms with Crippen molar-refractivity contribution >= 4 is 27.7 Å². The smallest absolute Gasteiger partial charge is 0.493 e. The Kier molecular flexibility index (Phi) is 9.89. The first-order valence-corrected chi connectivity index (χ1v) is 14.7. The Balaban J connectivity index is 1.41. The molecule has 2 aromatic carbocycles. The highest BCUT2D eigenvalue weighted by Crippen LogP contribution is 2.37. The number of aryl methyl sites for hydroxylation is 1. The molecule has 0 aliphatic heterocycles. The topological polar surface area (TPSA) is 123 Å². The second-order valence-electron chi connectivity index (χ2n) is 10.9. The lowest BCUT2D eigenvalue weighted by molar-refractivity contribution is -0.274. The second-order valence-corrected chi connectivity index (χ2v) is 10.9. The van der Waals surface area contributed by atoms with Crippen molar-refractivity contribution in [2.45, 2.75) is 32.8 Å². The molecular weight excluding hydrogens is 640 g/mol. The van der Waals surface area contributed by atoms with E-state index in [0.717, 1.165) is 12.1 Å². The van der Waals surface area contributed by atoms with E-state index in [-0.39, 0.29) is 34.0 Å². The summed E-state index contributed by atoms with van der Waals surface area (Å²) >= 11 is 0. The van der Waals surface area contributed by atoms with Gasteiger partial charge in [0.2, 0.25) is 11.3 Å². The highest BCUT2D eigenvalue weighted by Gasteiger charge is 2.33. The molecule has 254 valence electrons. The zero-order valence-corrected chi connectivity index (χ0v) is 26.6. The first-order valence-electron chi connectivity index (χ1n) is 14.7. The van der Waals surface area contributed by atoms with Crippen molar-refractivity contribution in [3.63, 3.8) is 0 Å². The number of aromatic nitrogens is 3. The molecule has 0 fully saturated rings. The fourth-order valence-corrected chi connectivity index (χ4v) is 5.25. The molecule has 0 bridgehead atoms. The number of methoxy groups -OCH3 is 2. The molecule has 4 aromatic rings. The third-order valence-electron chi connectivity index (χ3n) is 7.86. The van der Waals surface area contributed by atoms with Gasteiger partial charge in [-0.05, 0) is 43.3 Å². The van der Waals surface area contributed by atoms with Gasteiger partial charge < -0.3 is 33.6 Å². The normalized spacial score (nSPS) is 16.4. The Morgan fingerprint density at radius 2 is 1.81 bits per heavy atom. The molecule has 48 heavy (non-hydrogen) atoms. The number of ether oxygens (including phenoxy) is 5. The summed E-state index contributed by atoms with van der Waals surface area (Å²) < 4.78 is 81.9. The van der Waals surface area contributed by atoms with E-state index in [4.69, 9.17) is 18.9 Å². The molecule has 11 nitrogen and oxygen atoms in total. The molecule has 15 heteroatoms. The Morgan fingerprint density at radius 3 is 2.52 bits per heavy atom. The first kappa shape index (κ1) is 34.2. The lowest BCUT2D eigenvalue weighted by Crippen LogP contribution is -2.36. The number of rotatable bonds is 11. The van der Waals surface area contributed by atoms with Gasteiger partial charge in [-0.25, -0.2) is 14.4 Å². The van der Waals surface area contributed by atoms with Gasteiger partial charge in [0.05, 0.1) is 35.5 Å². The minimum Gasteiger partial charge on any atom is -0.493 e. The number of carbonyl (C=O) groups is 1. The summed E-state index contributed by atoms with van der Waals surface area (Å²) in [4.78, 5) is 35.3. The van der Waals surface area contributed by atoms with E-state index < -0.39 is 35.5 Å². The van der Waals surface area contributed by atoms with E-state index in [0.29, 0.717) is 47.6 Å². The van der Waals surface area contributed by atoms with Crippen LogP contribution < -0.4 is 29.7 Å². The molecule has 5 rings (SSSR count). The van der Waals surface area contributed by atoms with Crippen LogP contribution in [0.15, 0.2) is 65.1 Å². The maximum absolute atomic E-state index is 15.8. The van der Waals surface area contributed by atoms with Gasteiger partial charge in [-0.1, -0.05) is 6.92 Å². The highest BCUT2D eigenvalue weighted by molar-refractivity contribution is 5.99. The Bertz CT molecular complexity index is 1990. The van der Waals surface area contributed by atoms with Crippen molar-refractivity contribution in [2.75, 3.05) is 27.4 Å². The molecule has 1 aliphatic rings. The third kappa shape index (κ3) is 7.05. The molecule has 2 unspecified atom stereocenters. The fraction of sp³-hybridized carbons (Fsp3) is 0.333. The van der Waals surface area contributed by atoms with Crippen molar-refractivity contribution in [2.24, 2.45) is 13.0 Å². The van der Waals surface area contributed by atoms with Gasteiger partial charge in [0.1, 0.15) is 23.4 Å². The molecule has 1 amide bonds. The summed E-state index contributed by atoms with van der Waals surface area (Å²) in [5.74, 6) is -1.56. The minimum absolute atomic E-state index is 0.0652. The molecule has 0 saturated carbocycles. The van der Waals surface area contributed by atoms with E-state index in [1.54, 1.807) is 26.3 Å². The molecule has 1 aliphatic carbocycles. The number of hydrogen-bond acceptors (Lipinski definition) is 9. The Labute approximate surface area is 271 Å². The van der Waals surface area contributed by atoms with Gasteiger partial charge in [-0.3, -0.25) is 9.59 Å². The number of nitrogens with zero attached hydrogens (tertiary/aromatic N) is 3. The average molecular weight is 673 g/mol. The number of nitrogens with one attached hydrogen (secondary N) is 1. The Morgan fingerprint density at radius 1 is 1.04 bits per heavy atom. The van der Waals surface area contributed by atoms with Gasteiger partial charge in [0.25, 0.3) is 5.91 Å². The maximum Gasteiger partial charge on any atom is 0.573 e. The van der Waals surface area contributed by atoms with Crippen molar-refractivity contribution < 1.29 is 46.0 Å². The zero-order valence-electron chi connectivity index (χ0n) is 26.6. The van der Waals surface area contributed by atoms with Gasteiger partial charge in [0.15, 0.2) is 17.7 Å². The summed E-state index contributed by atoms with van der Waals surface area (Å²) in [7, 11) is 4.64. The van der Waals surface area contributed by atoms with Gasteiger partial charge in [-0.2, -0.15) is 0 Å². The van der Waals surface area contributed by atoms with E-state index >= 15 is 4.39 Å². The number of allylic oxidation sites excluding steroid dienone is 4. The lowest BCUT2D eigenvalue weighted by atomic mass is 9.95. The van der Waals surface area contributed by atoms with Gasteiger partial charge in [-0.15, -0.1) is 13.2 Å². The van der Waals surface area contributed by atoms with Crippen molar-refractivity contribution in [3.8, 4) is 23.1 Å². The number of hydrogen-bond donors (Lipinski definition) is 1. The molecular formula is C33H32F4N4O7. The van der Waals surface area contributed by atoms with Crippen LogP contribution in [-0.4, -0.2) is 60.4 Å². The Hall–Kier alpha value is -5.18. The summed E-state index contributed by atoms with van der Waals surface area (Å²) in [6.07, 6.45) is -1.99. The predicted octanol–water partition coefficient (Wildman–Crippen LogP) is 5.68. The highest BCUT2D eigenvalue weighted by atomic mass is 19.4. The molecule has 0 spiro atoms. The SMILES string of the molecule is COCCCOc1cc2ncnc(OC3=CC=C(NC(=O)c4c(C)n(C)c5ccc(OC(F)(F)F)cc5c4=O)C(C)C3F)c2cc1OC. The number of halogens is 4. The number of pyridine rings is 1. The van der Waals surface area contributed by atoms with E-state index in [1.165, 1.54) is 50.1 Å². The van der Waals surface area contributed by atoms with E-state index in [1.807, 2.05) is 0 Å². The van der Waals surface area contributed by atoms with Crippen LogP contribution in [0.4, 0.5) is 17.6 Å². The summed E-state index contributed by atoms with van der Waals surface area (Å²) in [5.41, 5.74) is 0.0517. The molecule has 2 heterocycles. The van der Waals surface area contributed by atoms with Crippen molar-refractivity contribution in [1.29, 1.82) is 0 Å². The largest absolute Gasteiger partial charge is 0.573 e. The quantitative estimate of drug-likeness (QED) is 0.159. The van der Waals surface area contributed by atoms with E-state index in [9.17, 15) is 22.8 Å². The van der Waals surface area contributed by atoms with Crippen LogP contribution in [0.3, 0.4) is 0 Å². The van der Waals surface area contributed by atoms with Crippen LogP contribution in [0.2, 0.25) is 0 Å². The molecule has 0 saturated heterocycles. The average Bonchev–Trinajstić information content (AvgIpc) is 3.04. The van der Waals surface area contributed by atoms with Crippen LogP contribution in [0.5, 0.6) is 23.1 Å². The second kappa shape index (κ2) is 13.9. The first-order chi connectivity index (χ1) is 22.8. The number of amides is 1. The summed E-state index contributed by atoms with van der Waals surface area (Å²) in [6.45, 7) is 3.96. The molecule has 1 N–H and O–H groups in total. The molecule has 2 aromatic heterocycles. The monoisotopic (exact) mass is 672 g/mol. The van der Waals surface area contributed by atoms with Crippen LogP contribution in [0.1, 0.15) is 29.4 Å². The molecule has 0 radical (unpaired) electrons. The van der Waals surface area contributed by atoms with Crippen molar-refractivity contribution in [3.05, 3.63) is 81.7 Å². The van der Waals surface area contributed by atoms with Crippen LogP contribution >= 0.6 is 0 Å². The van der Waals surface area contributed by atoms with Gasteiger partial charge >= 0.3 is 6.36 Å². The van der Waals surface area contributed by atoms with E-state index in [2.05, 4.69) is 20.0 Å². The summed E-state index contributed by atoms with van der Waals surface area (Å²) in [6, 6.07) is 6.59. The standard InChI is InChI=1S/C33H32F4N4O7/c1-17-22(40-31(43)28-18(2)41(3)24-9-7-19(48-33(35,36)37)13-21(24)30(28)42)8-10-25(29(17)34)47-32-20-14-26(45-5)27(46-12-6-11-44-4)15-23(20)38-16-39-32/h7-10,13-17,29H,6,11-12H2,1-5H3,(H,40,43). The minimum atomic E-state index is -4.97. The summed E-state index contributed by atoms with van der Waals surface area (Å²) in [5, 5.41) is 2.88. The fourth-order valence-electron chi connectivity index (χ4n) is 5.25.